The summed E-state index contributed by atoms with van der Waals surface area (Å²) in [6.07, 6.45) is 0. The molecule has 4 heteroatoms. The van der Waals surface area contributed by atoms with Crippen LogP contribution in [0.1, 0.15) is 22.4 Å². The fraction of sp³-hybridized carbons (Fsp3) is 0.400. The number of hydrogen-bond acceptors (Lipinski definition) is 3. The van der Waals surface area contributed by atoms with Crippen LogP contribution >= 0.6 is 0 Å². The predicted octanol–water partition coefficient (Wildman–Crippen LogP) is 2.48. The van der Waals surface area contributed by atoms with E-state index >= 15 is 0 Å². The van der Waals surface area contributed by atoms with E-state index in [1.165, 1.54) is 5.56 Å². The molecule has 0 fully saturated rings. The summed E-state index contributed by atoms with van der Waals surface area (Å²) < 4.78 is 7.45. The third kappa shape index (κ3) is 2.24. The maximum atomic E-state index is 5.73. The van der Waals surface area contributed by atoms with Crippen molar-refractivity contribution in [3.63, 3.8) is 0 Å². The van der Waals surface area contributed by atoms with Gasteiger partial charge in [-0.1, -0.05) is 6.07 Å². The third-order valence-corrected chi connectivity index (χ3v) is 3.45. The van der Waals surface area contributed by atoms with Gasteiger partial charge in [-0.15, -0.1) is 0 Å². The van der Waals surface area contributed by atoms with Gasteiger partial charge in [0.25, 0.3) is 0 Å². The quantitative estimate of drug-likeness (QED) is 0.921. The number of methoxy groups -OCH3 is 1. The van der Waals surface area contributed by atoms with Crippen molar-refractivity contribution in [2.24, 2.45) is 12.8 Å². The Morgan fingerprint density at radius 1 is 1.26 bits per heavy atom. The zero-order chi connectivity index (χ0) is 14.2. The molecular weight excluding hydrogens is 238 g/mol. The number of ether oxygens (including phenoxy) is 1. The molecule has 4 nitrogen and oxygen atoms in total. The minimum atomic E-state index is 0.451. The highest BCUT2D eigenvalue weighted by atomic mass is 16.5. The number of rotatable bonds is 3. The average molecular weight is 259 g/mol. The molecule has 1 aromatic carbocycles. The molecule has 0 saturated heterocycles. The lowest BCUT2D eigenvalue weighted by atomic mass is 10.00. The van der Waals surface area contributed by atoms with Crippen LogP contribution in [0.3, 0.4) is 0 Å². The van der Waals surface area contributed by atoms with Crippen molar-refractivity contribution in [1.82, 2.24) is 9.78 Å². The molecule has 0 bridgehead atoms. The van der Waals surface area contributed by atoms with Crippen LogP contribution in [0, 0.1) is 20.8 Å². The highest BCUT2D eigenvalue weighted by molar-refractivity contribution is 5.73. The van der Waals surface area contributed by atoms with Crippen LogP contribution in [0.25, 0.3) is 11.3 Å². The molecule has 19 heavy (non-hydrogen) atoms. The SMILES string of the molecule is COc1c(C)cc(C)cc1-c1c(C)c(CN)nn1C. The van der Waals surface area contributed by atoms with Crippen LogP contribution in [0.15, 0.2) is 12.1 Å². The van der Waals surface area contributed by atoms with Crippen molar-refractivity contribution in [2.45, 2.75) is 27.3 Å². The van der Waals surface area contributed by atoms with Crippen molar-refractivity contribution in [1.29, 1.82) is 0 Å². The van der Waals surface area contributed by atoms with E-state index in [1.54, 1.807) is 7.11 Å². The van der Waals surface area contributed by atoms with Gasteiger partial charge in [-0.2, -0.15) is 5.10 Å². The molecule has 0 spiro atoms. The van der Waals surface area contributed by atoms with E-state index in [0.717, 1.165) is 33.8 Å². The van der Waals surface area contributed by atoms with Crippen LogP contribution in [0.2, 0.25) is 0 Å². The zero-order valence-electron chi connectivity index (χ0n) is 12.2. The van der Waals surface area contributed by atoms with Gasteiger partial charge < -0.3 is 10.5 Å². The minimum absolute atomic E-state index is 0.451. The van der Waals surface area contributed by atoms with E-state index in [1.807, 2.05) is 11.7 Å². The van der Waals surface area contributed by atoms with Crippen molar-refractivity contribution >= 4 is 0 Å². The molecule has 2 rings (SSSR count). The number of aryl methyl sites for hydroxylation is 3. The summed E-state index contributed by atoms with van der Waals surface area (Å²) in [6.45, 7) is 6.66. The standard InChI is InChI=1S/C15H21N3O/c1-9-6-10(2)15(19-5)12(7-9)14-11(3)13(8-16)17-18(14)4/h6-7H,8,16H2,1-5H3. The lowest BCUT2D eigenvalue weighted by Gasteiger charge is -2.14. The Bertz CT molecular complexity index is 614. The Hall–Kier alpha value is -1.81. The van der Waals surface area contributed by atoms with Gasteiger partial charge in [0.2, 0.25) is 0 Å². The van der Waals surface area contributed by atoms with Crippen LogP contribution in [0.5, 0.6) is 5.75 Å². The molecule has 0 aliphatic heterocycles. The molecule has 0 aliphatic carbocycles. The van der Waals surface area contributed by atoms with E-state index in [2.05, 4.69) is 38.0 Å². The number of benzene rings is 1. The zero-order valence-corrected chi connectivity index (χ0v) is 12.2. The number of aromatic nitrogens is 2. The first-order valence-electron chi connectivity index (χ1n) is 6.37. The van der Waals surface area contributed by atoms with Crippen molar-refractivity contribution in [3.05, 3.63) is 34.5 Å². The van der Waals surface area contributed by atoms with Crippen LogP contribution in [-0.4, -0.2) is 16.9 Å². The van der Waals surface area contributed by atoms with Gasteiger partial charge in [-0.3, -0.25) is 4.68 Å². The van der Waals surface area contributed by atoms with E-state index in [-0.39, 0.29) is 0 Å². The molecule has 1 heterocycles. The van der Waals surface area contributed by atoms with Crippen LogP contribution < -0.4 is 10.5 Å². The molecule has 0 amide bonds. The minimum Gasteiger partial charge on any atom is -0.496 e. The van der Waals surface area contributed by atoms with Gasteiger partial charge in [0.15, 0.2) is 0 Å². The molecule has 1 aromatic heterocycles. The molecular formula is C15H21N3O. The largest absolute Gasteiger partial charge is 0.496 e. The molecule has 0 saturated carbocycles. The van der Waals surface area contributed by atoms with Gasteiger partial charge in [-0.05, 0) is 43.5 Å². The summed E-state index contributed by atoms with van der Waals surface area (Å²) in [4.78, 5) is 0. The smallest absolute Gasteiger partial charge is 0.131 e. The fourth-order valence-corrected chi connectivity index (χ4v) is 2.66. The van der Waals surface area contributed by atoms with Gasteiger partial charge in [-0.25, -0.2) is 0 Å². The Morgan fingerprint density at radius 3 is 2.47 bits per heavy atom. The Labute approximate surface area is 114 Å². The second-order valence-corrected chi connectivity index (χ2v) is 4.91. The summed E-state index contributed by atoms with van der Waals surface area (Å²) in [5.41, 5.74) is 12.3. The first kappa shape index (κ1) is 13.6. The van der Waals surface area contributed by atoms with E-state index in [4.69, 9.17) is 10.5 Å². The summed E-state index contributed by atoms with van der Waals surface area (Å²) >= 11 is 0. The van der Waals surface area contributed by atoms with Crippen molar-refractivity contribution in [3.8, 4) is 17.0 Å². The highest BCUT2D eigenvalue weighted by Gasteiger charge is 2.18. The topological polar surface area (TPSA) is 53.1 Å². The van der Waals surface area contributed by atoms with E-state index in [0.29, 0.717) is 6.54 Å². The maximum Gasteiger partial charge on any atom is 0.131 e. The maximum absolute atomic E-state index is 5.73. The summed E-state index contributed by atoms with van der Waals surface area (Å²) in [5.74, 6) is 0.903. The highest BCUT2D eigenvalue weighted by Crippen LogP contribution is 2.36. The summed E-state index contributed by atoms with van der Waals surface area (Å²) in [7, 11) is 3.65. The van der Waals surface area contributed by atoms with Crippen molar-refractivity contribution in [2.75, 3.05) is 7.11 Å². The average Bonchev–Trinajstić information content (AvgIpc) is 2.63. The van der Waals surface area contributed by atoms with Crippen LogP contribution in [-0.2, 0) is 13.6 Å². The van der Waals surface area contributed by atoms with Gasteiger partial charge in [0, 0.05) is 19.2 Å². The molecule has 0 radical (unpaired) electrons. The predicted molar refractivity (Wildman–Crippen MR) is 77.3 cm³/mol. The van der Waals surface area contributed by atoms with Gasteiger partial charge >= 0.3 is 0 Å². The Balaban J connectivity index is 2.75. The van der Waals surface area contributed by atoms with Crippen LogP contribution in [0.4, 0.5) is 0 Å². The molecule has 2 N–H and O–H groups in total. The second kappa shape index (κ2) is 5.05. The lowest BCUT2D eigenvalue weighted by molar-refractivity contribution is 0.413. The first-order valence-corrected chi connectivity index (χ1v) is 6.37. The normalized spacial score (nSPS) is 10.8. The van der Waals surface area contributed by atoms with Gasteiger partial charge in [0.1, 0.15) is 5.75 Å². The molecule has 0 atom stereocenters. The second-order valence-electron chi connectivity index (χ2n) is 4.91. The number of nitrogens with zero attached hydrogens (tertiary/aromatic N) is 2. The van der Waals surface area contributed by atoms with E-state index in [9.17, 15) is 0 Å². The Kier molecular flexibility index (Phi) is 3.62. The first-order chi connectivity index (χ1) is 8.99. The molecule has 0 aliphatic rings. The van der Waals surface area contributed by atoms with E-state index < -0.39 is 0 Å². The number of nitrogens with two attached hydrogens (primary N) is 1. The molecule has 102 valence electrons. The molecule has 2 aromatic rings. The number of hydrogen-bond donors (Lipinski definition) is 1. The summed E-state index contributed by atoms with van der Waals surface area (Å²) in [5, 5.41) is 4.48. The van der Waals surface area contributed by atoms with Gasteiger partial charge in [0.05, 0.1) is 18.5 Å². The third-order valence-electron chi connectivity index (χ3n) is 3.45. The fourth-order valence-electron chi connectivity index (χ4n) is 2.66. The molecule has 0 unspecified atom stereocenters. The monoisotopic (exact) mass is 259 g/mol. The lowest BCUT2D eigenvalue weighted by Crippen LogP contribution is -2.00. The van der Waals surface area contributed by atoms with Crippen molar-refractivity contribution < 1.29 is 4.74 Å². The summed E-state index contributed by atoms with van der Waals surface area (Å²) in [6, 6.07) is 4.26. The Morgan fingerprint density at radius 2 is 1.95 bits per heavy atom.